The van der Waals surface area contributed by atoms with E-state index in [1.807, 2.05) is 13.8 Å². The molecule has 0 fully saturated rings. The van der Waals surface area contributed by atoms with Crippen molar-refractivity contribution in [3.63, 3.8) is 0 Å². The van der Waals surface area contributed by atoms with E-state index in [-0.39, 0.29) is 5.91 Å². The first kappa shape index (κ1) is 13.7. The minimum atomic E-state index is -0.557. The molecule has 0 spiro atoms. The van der Waals surface area contributed by atoms with Crippen molar-refractivity contribution in [3.8, 4) is 0 Å². The van der Waals surface area contributed by atoms with Gasteiger partial charge < -0.3 is 10.1 Å². The van der Waals surface area contributed by atoms with Crippen molar-refractivity contribution < 1.29 is 14.3 Å². The molecule has 0 rings (SSSR count). The van der Waals surface area contributed by atoms with Crippen LogP contribution < -0.4 is 5.32 Å². The molecule has 0 bridgehead atoms. The first-order valence-electron chi connectivity index (χ1n) is 5.02. The van der Waals surface area contributed by atoms with Crippen molar-refractivity contribution >= 4 is 11.9 Å². The zero-order chi connectivity index (χ0) is 11.8. The van der Waals surface area contributed by atoms with E-state index < -0.39 is 12.0 Å². The third kappa shape index (κ3) is 5.88. The Morgan fingerprint density at radius 2 is 2.00 bits per heavy atom. The van der Waals surface area contributed by atoms with Crippen LogP contribution in [0.3, 0.4) is 0 Å². The van der Waals surface area contributed by atoms with Crippen LogP contribution in [0.5, 0.6) is 0 Å². The summed E-state index contributed by atoms with van der Waals surface area (Å²) in [5, 5.41) is 2.60. The monoisotopic (exact) mass is 213 g/mol. The van der Waals surface area contributed by atoms with E-state index >= 15 is 0 Å². The van der Waals surface area contributed by atoms with E-state index in [2.05, 4.69) is 10.1 Å². The molecule has 0 saturated carbocycles. The second-order valence-corrected chi connectivity index (χ2v) is 3.71. The lowest BCUT2D eigenvalue weighted by Crippen LogP contribution is -2.41. The van der Waals surface area contributed by atoms with Gasteiger partial charge in [-0.1, -0.05) is 19.9 Å². The van der Waals surface area contributed by atoms with Gasteiger partial charge in [-0.2, -0.15) is 0 Å². The lowest BCUT2D eigenvalue weighted by atomic mass is 10.0. The SMILES string of the molecule is C/C=C/C(=O)NC(CC(C)C)C(=O)OC. The average Bonchev–Trinajstić information content (AvgIpc) is 2.15. The molecule has 0 aliphatic rings. The lowest BCUT2D eigenvalue weighted by molar-refractivity contribution is -0.145. The van der Waals surface area contributed by atoms with Gasteiger partial charge in [-0.05, 0) is 25.3 Å². The molecule has 0 aromatic carbocycles. The van der Waals surface area contributed by atoms with Gasteiger partial charge in [-0.3, -0.25) is 4.79 Å². The largest absolute Gasteiger partial charge is 0.467 e. The zero-order valence-corrected chi connectivity index (χ0v) is 9.74. The fourth-order valence-corrected chi connectivity index (χ4v) is 1.20. The summed E-state index contributed by atoms with van der Waals surface area (Å²) < 4.78 is 4.61. The summed E-state index contributed by atoms with van der Waals surface area (Å²) in [5.74, 6) is -0.352. The number of carbonyl (C=O) groups is 2. The Bertz CT molecular complexity index is 246. The van der Waals surface area contributed by atoms with Crippen LogP contribution in [-0.4, -0.2) is 25.0 Å². The highest BCUT2D eigenvalue weighted by Crippen LogP contribution is 2.06. The molecular weight excluding hydrogens is 194 g/mol. The first-order valence-corrected chi connectivity index (χ1v) is 5.02. The standard InChI is InChI=1S/C11H19NO3/c1-5-6-10(13)12-9(7-8(2)3)11(14)15-4/h5-6,8-9H,7H2,1-4H3,(H,12,13)/b6-5+. The highest BCUT2D eigenvalue weighted by molar-refractivity contribution is 5.91. The van der Waals surface area contributed by atoms with E-state index in [1.165, 1.54) is 13.2 Å². The Morgan fingerprint density at radius 1 is 1.40 bits per heavy atom. The average molecular weight is 213 g/mol. The normalized spacial score (nSPS) is 12.9. The number of ether oxygens (including phenoxy) is 1. The molecule has 0 aromatic heterocycles. The van der Waals surface area contributed by atoms with Crippen molar-refractivity contribution in [2.45, 2.75) is 33.2 Å². The summed E-state index contributed by atoms with van der Waals surface area (Å²) in [4.78, 5) is 22.6. The van der Waals surface area contributed by atoms with E-state index in [0.717, 1.165) is 0 Å². The Labute approximate surface area is 90.7 Å². The molecule has 4 nitrogen and oxygen atoms in total. The molecule has 15 heavy (non-hydrogen) atoms. The molecule has 1 unspecified atom stereocenters. The molecule has 0 heterocycles. The molecule has 0 aliphatic heterocycles. The number of carbonyl (C=O) groups excluding carboxylic acids is 2. The molecule has 0 aromatic rings. The molecule has 86 valence electrons. The maximum atomic E-state index is 11.3. The number of nitrogens with one attached hydrogen (secondary N) is 1. The number of methoxy groups -OCH3 is 1. The smallest absolute Gasteiger partial charge is 0.328 e. The van der Waals surface area contributed by atoms with Crippen molar-refractivity contribution in [2.24, 2.45) is 5.92 Å². The van der Waals surface area contributed by atoms with Gasteiger partial charge in [0.25, 0.3) is 0 Å². The maximum absolute atomic E-state index is 11.3. The third-order valence-electron chi connectivity index (χ3n) is 1.83. The van der Waals surface area contributed by atoms with Gasteiger partial charge in [-0.15, -0.1) is 0 Å². The van der Waals surface area contributed by atoms with Gasteiger partial charge in [0.15, 0.2) is 0 Å². The van der Waals surface area contributed by atoms with E-state index in [4.69, 9.17) is 0 Å². The second kappa shape index (κ2) is 7.04. The number of amides is 1. The molecule has 4 heteroatoms. The van der Waals surface area contributed by atoms with Crippen LogP contribution in [0.25, 0.3) is 0 Å². The Balaban J connectivity index is 4.36. The first-order chi connectivity index (χ1) is 7.01. The predicted octanol–water partition coefficient (Wildman–Crippen LogP) is 1.27. The Hall–Kier alpha value is -1.32. The minimum absolute atomic E-state index is 0.270. The van der Waals surface area contributed by atoms with Gasteiger partial charge in [0.2, 0.25) is 5.91 Å². The molecule has 0 saturated heterocycles. The molecule has 1 atom stereocenters. The maximum Gasteiger partial charge on any atom is 0.328 e. The Kier molecular flexibility index (Phi) is 6.42. The third-order valence-corrected chi connectivity index (χ3v) is 1.83. The van der Waals surface area contributed by atoms with Crippen molar-refractivity contribution in [3.05, 3.63) is 12.2 Å². The molecule has 1 amide bonds. The summed E-state index contributed by atoms with van der Waals surface area (Å²) in [6.45, 7) is 5.71. The number of rotatable bonds is 5. The highest BCUT2D eigenvalue weighted by Gasteiger charge is 2.21. The van der Waals surface area contributed by atoms with Gasteiger partial charge in [0, 0.05) is 0 Å². The van der Waals surface area contributed by atoms with Crippen molar-refractivity contribution in [1.82, 2.24) is 5.32 Å². The molecular formula is C11H19NO3. The summed E-state index contributed by atoms with van der Waals surface area (Å²) in [5.41, 5.74) is 0. The highest BCUT2D eigenvalue weighted by atomic mass is 16.5. The quantitative estimate of drug-likeness (QED) is 0.552. The van der Waals surface area contributed by atoms with Crippen LogP contribution in [0.15, 0.2) is 12.2 Å². The van der Waals surface area contributed by atoms with Crippen LogP contribution in [-0.2, 0) is 14.3 Å². The Morgan fingerprint density at radius 3 is 2.40 bits per heavy atom. The number of esters is 1. The fraction of sp³-hybridized carbons (Fsp3) is 0.636. The number of hydrogen-bond acceptors (Lipinski definition) is 3. The minimum Gasteiger partial charge on any atom is -0.467 e. The fourth-order valence-electron chi connectivity index (χ4n) is 1.20. The summed E-state index contributed by atoms with van der Waals surface area (Å²) >= 11 is 0. The van der Waals surface area contributed by atoms with Gasteiger partial charge >= 0.3 is 5.97 Å². The van der Waals surface area contributed by atoms with Crippen LogP contribution >= 0.6 is 0 Å². The second-order valence-electron chi connectivity index (χ2n) is 3.71. The van der Waals surface area contributed by atoms with Crippen molar-refractivity contribution in [1.29, 1.82) is 0 Å². The van der Waals surface area contributed by atoms with Crippen molar-refractivity contribution in [2.75, 3.05) is 7.11 Å². The molecule has 0 radical (unpaired) electrons. The van der Waals surface area contributed by atoms with E-state index in [0.29, 0.717) is 12.3 Å². The van der Waals surface area contributed by atoms with Crippen LogP contribution in [0, 0.1) is 5.92 Å². The number of hydrogen-bond donors (Lipinski definition) is 1. The van der Waals surface area contributed by atoms with Gasteiger partial charge in [0.05, 0.1) is 7.11 Å². The van der Waals surface area contributed by atoms with Crippen LogP contribution in [0.2, 0.25) is 0 Å². The van der Waals surface area contributed by atoms with Gasteiger partial charge in [-0.25, -0.2) is 4.79 Å². The van der Waals surface area contributed by atoms with E-state index in [1.54, 1.807) is 13.0 Å². The summed E-state index contributed by atoms with van der Waals surface area (Å²) in [6, 6.07) is -0.557. The number of allylic oxidation sites excluding steroid dienone is 1. The molecule has 0 aliphatic carbocycles. The summed E-state index contributed by atoms with van der Waals surface area (Å²) in [6.07, 6.45) is 3.59. The van der Waals surface area contributed by atoms with Crippen LogP contribution in [0.4, 0.5) is 0 Å². The topological polar surface area (TPSA) is 55.4 Å². The van der Waals surface area contributed by atoms with E-state index in [9.17, 15) is 9.59 Å². The molecule has 1 N–H and O–H groups in total. The predicted molar refractivity (Wildman–Crippen MR) is 58.2 cm³/mol. The van der Waals surface area contributed by atoms with Crippen LogP contribution in [0.1, 0.15) is 27.2 Å². The van der Waals surface area contributed by atoms with Gasteiger partial charge in [0.1, 0.15) is 6.04 Å². The zero-order valence-electron chi connectivity index (χ0n) is 9.74. The lowest BCUT2D eigenvalue weighted by Gasteiger charge is -2.17. The summed E-state index contributed by atoms with van der Waals surface area (Å²) in [7, 11) is 1.32.